The van der Waals surface area contributed by atoms with Crippen LogP contribution in [0.15, 0.2) is 125 Å². The summed E-state index contributed by atoms with van der Waals surface area (Å²) in [6.45, 7) is 19.7. The van der Waals surface area contributed by atoms with Crippen LogP contribution >= 0.6 is 0 Å². The third kappa shape index (κ3) is 7.12. The number of rotatable bonds is 7. The zero-order valence-corrected chi connectivity index (χ0v) is 32.7. The Kier molecular flexibility index (Phi) is 10.9. The van der Waals surface area contributed by atoms with E-state index in [1.165, 1.54) is 15.9 Å². The predicted octanol–water partition coefficient (Wildman–Crippen LogP) is 8.74. The SMILES string of the molecule is C/C1=C\[C@H](S(=O)(=O)c2ccc(C)cc2)[C@@H](O)/C(C)=C/[C@@H](O[Si](c2ccccc2)(c2ccccc2)C(C)(C)C)C2=CC[C@@H](C(C)C)[C@]2(C)CC1. The van der Waals surface area contributed by atoms with E-state index in [9.17, 15) is 13.5 Å². The second-order valence-corrected chi connectivity index (χ2v) is 22.4. The smallest absolute Gasteiger partial charge is 0.262 e. The lowest BCUT2D eigenvalue weighted by Gasteiger charge is -2.47. The summed E-state index contributed by atoms with van der Waals surface area (Å²) in [6.07, 6.45) is 7.12. The summed E-state index contributed by atoms with van der Waals surface area (Å²) in [5.74, 6) is 0.860. The van der Waals surface area contributed by atoms with Crippen molar-refractivity contribution in [2.45, 2.75) is 109 Å². The molecule has 0 saturated heterocycles. The van der Waals surface area contributed by atoms with Crippen LogP contribution < -0.4 is 10.4 Å². The number of allylic oxidation sites excluding steroid dienone is 2. The van der Waals surface area contributed by atoms with Crippen LogP contribution in [0.5, 0.6) is 0 Å². The fourth-order valence-corrected chi connectivity index (χ4v) is 14.8. The van der Waals surface area contributed by atoms with Crippen molar-refractivity contribution in [3.05, 3.63) is 125 Å². The minimum Gasteiger partial charge on any atom is -0.397 e. The van der Waals surface area contributed by atoms with Gasteiger partial charge in [-0.15, -0.1) is 0 Å². The van der Waals surface area contributed by atoms with Gasteiger partial charge in [-0.05, 0) is 96.0 Å². The number of benzene rings is 3. The van der Waals surface area contributed by atoms with Crippen LogP contribution in [0.25, 0.3) is 0 Å². The van der Waals surface area contributed by atoms with Crippen LogP contribution in [-0.2, 0) is 14.3 Å². The largest absolute Gasteiger partial charge is 0.397 e. The Labute approximate surface area is 297 Å². The van der Waals surface area contributed by atoms with Crippen molar-refractivity contribution in [2.24, 2.45) is 17.3 Å². The van der Waals surface area contributed by atoms with Gasteiger partial charge in [0.05, 0.1) is 17.1 Å². The van der Waals surface area contributed by atoms with Crippen molar-refractivity contribution >= 4 is 28.5 Å². The maximum Gasteiger partial charge on any atom is 0.262 e. The van der Waals surface area contributed by atoms with Crippen LogP contribution in [0.2, 0.25) is 5.04 Å². The van der Waals surface area contributed by atoms with E-state index in [2.05, 4.69) is 114 Å². The summed E-state index contributed by atoms with van der Waals surface area (Å²) >= 11 is 0. The topological polar surface area (TPSA) is 63.6 Å². The highest BCUT2D eigenvalue weighted by atomic mass is 32.2. The summed E-state index contributed by atoms with van der Waals surface area (Å²) in [5.41, 5.74) is 3.63. The van der Waals surface area contributed by atoms with Gasteiger partial charge in [-0.2, -0.15) is 0 Å². The van der Waals surface area contributed by atoms with E-state index in [0.717, 1.165) is 30.4 Å². The number of hydrogen-bond acceptors (Lipinski definition) is 4. The molecule has 262 valence electrons. The summed E-state index contributed by atoms with van der Waals surface area (Å²) in [5, 5.41) is 13.1. The van der Waals surface area contributed by atoms with Gasteiger partial charge in [0.15, 0.2) is 9.84 Å². The molecule has 4 nitrogen and oxygen atoms in total. The van der Waals surface area contributed by atoms with E-state index in [4.69, 9.17) is 4.43 Å². The Hall–Kier alpha value is -3.03. The van der Waals surface area contributed by atoms with Crippen molar-refractivity contribution in [1.29, 1.82) is 0 Å². The lowest BCUT2D eigenvalue weighted by Crippen LogP contribution is -2.68. The first-order chi connectivity index (χ1) is 23.0. The molecule has 0 aliphatic heterocycles. The number of aliphatic hydroxyl groups is 1. The van der Waals surface area contributed by atoms with Gasteiger partial charge in [0.2, 0.25) is 0 Å². The maximum absolute atomic E-state index is 14.3. The van der Waals surface area contributed by atoms with E-state index in [-0.39, 0.29) is 15.3 Å². The minimum atomic E-state index is -3.91. The van der Waals surface area contributed by atoms with Crippen molar-refractivity contribution in [2.75, 3.05) is 0 Å². The van der Waals surface area contributed by atoms with Crippen LogP contribution in [0.1, 0.15) is 80.2 Å². The van der Waals surface area contributed by atoms with E-state index in [0.29, 0.717) is 17.4 Å². The van der Waals surface area contributed by atoms with Crippen LogP contribution in [-0.4, -0.2) is 39.3 Å². The first kappa shape index (κ1) is 37.2. The minimum absolute atomic E-state index is 0.184. The number of sulfone groups is 1. The molecule has 3 aromatic carbocycles. The van der Waals surface area contributed by atoms with Gasteiger partial charge in [-0.25, -0.2) is 8.42 Å². The zero-order chi connectivity index (χ0) is 35.8. The van der Waals surface area contributed by atoms with E-state index >= 15 is 0 Å². The summed E-state index contributed by atoms with van der Waals surface area (Å²) in [4.78, 5) is 0.223. The Balaban J connectivity index is 1.75. The Morgan fingerprint density at radius 3 is 1.92 bits per heavy atom. The van der Waals surface area contributed by atoms with E-state index in [1.807, 2.05) is 39.0 Å². The Bertz CT molecular complexity index is 1760. The quantitative estimate of drug-likeness (QED) is 0.198. The Morgan fingerprint density at radius 2 is 1.41 bits per heavy atom. The molecule has 0 aromatic heterocycles. The second-order valence-electron chi connectivity index (χ2n) is 16.1. The average molecular weight is 697 g/mol. The van der Waals surface area contributed by atoms with Gasteiger partial charge in [0.1, 0.15) is 5.25 Å². The van der Waals surface area contributed by atoms with Crippen LogP contribution in [0.3, 0.4) is 0 Å². The Morgan fingerprint density at radius 1 is 0.857 bits per heavy atom. The normalized spacial score (nSPS) is 27.7. The molecule has 0 spiro atoms. The molecule has 0 radical (unpaired) electrons. The fraction of sp³-hybridized carbons (Fsp3) is 0.442. The molecular formula is C43H56O4SSi. The lowest BCUT2D eigenvalue weighted by molar-refractivity contribution is 0.149. The van der Waals surface area contributed by atoms with Crippen molar-refractivity contribution in [3.8, 4) is 0 Å². The molecule has 6 heteroatoms. The third-order valence-corrected chi connectivity index (χ3v) is 18.3. The highest BCUT2D eigenvalue weighted by Crippen LogP contribution is 2.54. The molecule has 0 saturated carbocycles. The molecule has 5 atom stereocenters. The highest BCUT2D eigenvalue weighted by Gasteiger charge is 2.54. The van der Waals surface area contributed by atoms with Gasteiger partial charge in [0, 0.05) is 0 Å². The van der Waals surface area contributed by atoms with E-state index in [1.54, 1.807) is 12.1 Å². The van der Waals surface area contributed by atoms with Crippen molar-refractivity contribution in [3.63, 3.8) is 0 Å². The van der Waals surface area contributed by atoms with Gasteiger partial charge in [-0.1, -0.05) is 144 Å². The first-order valence-corrected chi connectivity index (χ1v) is 21.3. The molecule has 0 heterocycles. The van der Waals surface area contributed by atoms with Gasteiger partial charge in [0.25, 0.3) is 8.32 Å². The van der Waals surface area contributed by atoms with Crippen LogP contribution in [0, 0.1) is 24.2 Å². The molecule has 0 bridgehead atoms. The number of aryl methyl sites for hydroxylation is 1. The van der Waals surface area contributed by atoms with Crippen molar-refractivity contribution < 1.29 is 18.0 Å². The number of aliphatic hydroxyl groups excluding tert-OH is 1. The average Bonchev–Trinajstić information content (AvgIpc) is 3.41. The van der Waals surface area contributed by atoms with Gasteiger partial charge >= 0.3 is 0 Å². The van der Waals surface area contributed by atoms with Gasteiger partial charge < -0.3 is 9.53 Å². The fourth-order valence-electron chi connectivity index (χ4n) is 8.46. The molecular weight excluding hydrogens is 641 g/mol. The van der Waals surface area contributed by atoms with Gasteiger partial charge in [-0.3, -0.25) is 0 Å². The summed E-state index contributed by atoms with van der Waals surface area (Å²) < 4.78 is 36.5. The molecule has 2 aliphatic carbocycles. The molecule has 5 rings (SSSR count). The summed E-state index contributed by atoms with van der Waals surface area (Å²) in [7, 11) is -6.94. The molecule has 49 heavy (non-hydrogen) atoms. The van der Waals surface area contributed by atoms with Crippen molar-refractivity contribution in [1.82, 2.24) is 0 Å². The molecule has 3 aromatic rings. The zero-order valence-electron chi connectivity index (χ0n) is 30.9. The maximum atomic E-state index is 14.3. The summed E-state index contributed by atoms with van der Waals surface area (Å²) in [6, 6.07) is 28.3. The molecule has 2 aliphatic rings. The van der Waals surface area contributed by atoms with E-state index < -0.39 is 35.6 Å². The highest BCUT2D eigenvalue weighted by molar-refractivity contribution is 7.92. The first-order valence-electron chi connectivity index (χ1n) is 17.9. The predicted molar refractivity (Wildman–Crippen MR) is 207 cm³/mol. The molecule has 0 unspecified atom stereocenters. The number of fused-ring (bicyclic) bond motifs is 1. The monoisotopic (exact) mass is 696 g/mol. The lowest BCUT2D eigenvalue weighted by atomic mass is 9.66. The molecule has 1 N–H and O–H groups in total. The van der Waals surface area contributed by atoms with Crippen LogP contribution in [0.4, 0.5) is 0 Å². The number of hydrogen-bond donors (Lipinski definition) is 1. The molecule has 0 amide bonds. The third-order valence-electron chi connectivity index (χ3n) is 11.3. The second kappa shape index (κ2) is 14.3. The molecule has 0 fully saturated rings. The standard InChI is InChI=1S/C43H56O4SSi/c1-30(2)37-24-25-38-39(47-49(42(6,7)8,35-16-12-10-13-17-35)36-18-14-11-15-19-36)29-33(5)41(44)40(28-32(4)26-27-43(37,38)9)48(45,46)34-22-20-31(3)21-23-34/h10-23,25,28-30,37,39-41,44H,24,26-27H2,1-9H3/b32-28+,33-29+/t37-,39+,40-,41-,43-/m0/s1.